The van der Waals surface area contributed by atoms with Crippen LogP contribution in [-0.4, -0.2) is 23.0 Å². The van der Waals surface area contributed by atoms with Crippen molar-refractivity contribution in [2.75, 3.05) is 12.4 Å². The second-order valence-electron chi connectivity index (χ2n) is 5.83. The van der Waals surface area contributed by atoms with Gasteiger partial charge in [-0.1, -0.05) is 26.0 Å². The van der Waals surface area contributed by atoms with Gasteiger partial charge in [0, 0.05) is 12.0 Å². The zero-order valence-electron chi connectivity index (χ0n) is 14.0. The Morgan fingerprint density at radius 3 is 2.64 bits per heavy atom. The molecule has 1 heterocycles. The molecule has 0 aliphatic carbocycles. The maximum Gasteiger partial charge on any atom is 0.416 e. The van der Waals surface area contributed by atoms with Crippen LogP contribution in [0.2, 0.25) is 0 Å². The van der Waals surface area contributed by atoms with E-state index in [9.17, 15) is 18.0 Å². The van der Waals surface area contributed by atoms with Crippen LogP contribution in [0, 0.1) is 5.92 Å². The van der Waals surface area contributed by atoms with Gasteiger partial charge in [-0.2, -0.15) is 18.2 Å². The number of benzene rings is 1. The summed E-state index contributed by atoms with van der Waals surface area (Å²) < 4.78 is 43.8. The van der Waals surface area contributed by atoms with Gasteiger partial charge in [0.2, 0.25) is 11.8 Å². The molecule has 1 aromatic heterocycles. The van der Waals surface area contributed by atoms with E-state index < -0.39 is 11.7 Å². The first-order valence-electron chi connectivity index (χ1n) is 7.59. The number of halogens is 3. The average Bonchev–Trinajstić information content (AvgIpc) is 2.53. The Hall–Kier alpha value is -2.64. The third-order valence-electron chi connectivity index (χ3n) is 3.27. The smallest absolute Gasteiger partial charge is 0.416 e. The van der Waals surface area contributed by atoms with Crippen LogP contribution in [0.15, 0.2) is 30.5 Å². The predicted octanol–water partition coefficient (Wildman–Crippen LogP) is 4.16. The summed E-state index contributed by atoms with van der Waals surface area (Å²) >= 11 is 0. The minimum absolute atomic E-state index is 0.0596. The van der Waals surface area contributed by atoms with Crippen molar-refractivity contribution < 1.29 is 22.7 Å². The van der Waals surface area contributed by atoms with Gasteiger partial charge < -0.3 is 10.1 Å². The number of aromatic nitrogens is 2. The van der Waals surface area contributed by atoms with Gasteiger partial charge in [0.05, 0.1) is 18.9 Å². The van der Waals surface area contributed by atoms with E-state index >= 15 is 0 Å². The Bertz CT molecular complexity index is 761. The maximum absolute atomic E-state index is 12.9. The molecule has 1 N–H and O–H groups in total. The summed E-state index contributed by atoms with van der Waals surface area (Å²) in [6, 6.07) is 4.69. The molecule has 2 aromatic rings. The molecule has 0 aliphatic rings. The lowest BCUT2D eigenvalue weighted by molar-refractivity contribution is -0.137. The molecule has 8 heteroatoms. The fraction of sp³-hybridized carbons (Fsp3) is 0.353. The number of nitrogens with zero attached hydrogens (tertiary/aromatic N) is 2. The fourth-order valence-corrected chi connectivity index (χ4v) is 2.17. The van der Waals surface area contributed by atoms with Crippen molar-refractivity contribution in [3.05, 3.63) is 36.0 Å². The largest absolute Gasteiger partial charge is 0.480 e. The second-order valence-corrected chi connectivity index (χ2v) is 5.83. The van der Waals surface area contributed by atoms with E-state index in [4.69, 9.17) is 4.74 Å². The molecule has 2 rings (SSSR count). The van der Waals surface area contributed by atoms with Crippen molar-refractivity contribution in [1.82, 2.24) is 9.97 Å². The van der Waals surface area contributed by atoms with Gasteiger partial charge in [0.25, 0.3) is 0 Å². The van der Waals surface area contributed by atoms with Gasteiger partial charge >= 0.3 is 6.18 Å². The maximum atomic E-state index is 12.9. The normalized spacial score (nSPS) is 11.5. The Balaban J connectivity index is 2.45. The van der Waals surface area contributed by atoms with Gasteiger partial charge in [-0.3, -0.25) is 4.79 Å². The van der Waals surface area contributed by atoms with E-state index in [1.54, 1.807) is 0 Å². The molecule has 0 fully saturated rings. The molecule has 0 aliphatic heterocycles. The van der Waals surface area contributed by atoms with E-state index in [2.05, 4.69) is 15.3 Å². The van der Waals surface area contributed by atoms with Gasteiger partial charge in [0.15, 0.2) is 5.82 Å². The third kappa shape index (κ3) is 4.91. The van der Waals surface area contributed by atoms with Gasteiger partial charge in [0.1, 0.15) is 5.69 Å². The summed E-state index contributed by atoms with van der Waals surface area (Å²) in [5.74, 6) is 0.0289. The first-order valence-corrected chi connectivity index (χ1v) is 7.59. The van der Waals surface area contributed by atoms with Crippen LogP contribution >= 0.6 is 0 Å². The highest BCUT2D eigenvalue weighted by Crippen LogP contribution is 2.33. The van der Waals surface area contributed by atoms with Crippen molar-refractivity contribution in [2.24, 2.45) is 5.92 Å². The molecule has 134 valence electrons. The highest BCUT2D eigenvalue weighted by molar-refractivity contribution is 5.93. The van der Waals surface area contributed by atoms with Gasteiger partial charge in [-0.15, -0.1) is 0 Å². The summed E-state index contributed by atoms with van der Waals surface area (Å²) in [7, 11) is 1.38. The first kappa shape index (κ1) is 18.7. The number of hydrogen-bond acceptors (Lipinski definition) is 4. The Morgan fingerprint density at radius 1 is 1.32 bits per heavy atom. The lowest BCUT2D eigenvalue weighted by Gasteiger charge is -2.13. The standard InChI is InChI=1S/C17H18F3N3O2/c1-10(2)7-13(24)22-16-15(21-9-14(23-16)25-3)11-5-4-6-12(8-11)17(18,19)20/h4-6,8-10H,7H2,1-3H3,(H,22,23,24). The molecular formula is C17H18F3N3O2. The van der Waals surface area contributed by atoms with Crippen molar-refractivity contribution in [2.45, 2.75) is 26.4 Å². The molecule has 25 heavy (non-hydrogen) atoms. The highest BCUT2D eigenvalue weighted by Gasteiger charge is 2.30. The highest BCUT2D eigenvalue weighted by atomic mass is 19.4. The van der Waals surface area contributed by atoms with E-state index in [1.165, 1.54) is 25.4 Å². The summed E-state index contributed by atoms with van der Waals surface area (Å²) in [6.07, 6.45) is -2.94. The summed E-state index contributed by atoms with van der Waals surface area (Å²) in [5, 5.41) is 2.60. The average molecular weight is 353 g/mol. The van der Waals surface area contributed by atoms with E-state index in [0.29, 0.717) is 0 Å². The number of ether oxygens (including phenoxy) is 1. The van der Waals surface area contributed by atoms with Crippen LogP contribution in [0.4, 0.5) is 19.0 Å². The monoisotopic (exact) mass is 353 g/mol. The summed E-state index contributed by atoms with van der Waals surface area (Å²) in [5.41, 5.74) is -0.462. The Morgan fingerprint density at radius 2 is 2.04 bits per heavy atom. The van der Waals surface area contributed by atoms with Crippen molar-refractivity contribution in [3.8, 4) is 17.1 Å². The SMILES string of the molecule is COc1cnc(-c2cccc(C(F)(F)F)c2)c(NC(=O)CC(C)C)n1. The van der Waals surface area contributed by atoms with Gasteiger partial charge in [-0.25, -0.2) is 4.98 Å². The van der Waals surface area contributed by atoms with Crippen LogP contribution in [0.25, 0.3) is 11.3 Å². The molecule has 5 nitrogen and oxygen atoms in total. The number of rotatable bonds is 5. The fourth-order valence-electron chi connectivity index (χ4n) is 2.17. The second kappa shape index (κ2) is 7.50. The zero-order valence-corrected chi connectivity index (χ0v) is 14.0. The zero-order chi connectivity index (χ0) is 18.6. The number of carbonyl (C=O) groups is 1. The third-order valence-corrected chi connectivity index (χ3v) is 3.27. The topological polar surface area (TPSA) is 64.1 Å². The molecule has 0 saturated heterocycles. The Labute approximate surface area is 143 Å². The van der Waals surface area contributed by atoms with Crippen molar-refractivity contribution >= 4 is 11.7 Å². The molecule has 1 amide bonds. The van der Waals surface area contributed by atoms with E-state index in [1.807, 2.05) is 13.8 Å². The lowest BCUT2D eigenvalue weighted by atomic mass is 10.1. The molecular weight excluding hydrogens is 335 g/mol. The van der Waals surface area contributed by atoms with Crippen LogP contribution in [0.1, 0.15) is 25.8 Å². The number of hydrogen-bond donors (Lipinski definition) is 1. The van der Waals surface area contributed by atoms with E-state index in [-0.39, 0.29) is 41.2 Å². The number of methoxy groups -OCH3 is 1. The molecule has 0 radical (unpaired) electrons. The quantitative estimate of drug-likeness (QED) is 0.877. The molecule has 0 bridgehead atoms. The van der Waals surface area contributed by atoms with Crippen molar-refractivity contribution in [1.29, 1.82) is 0 Å². The summed E-state index contributed by atoms with van der Waals surface area (Å²) in [4.78, 5) is 20.2. The van der Waals surface area contributed by atoms with Crippen LogP contribution in [-0.2, 0) is 11.0 Å². The molecule has 0 unspecified atom stereocenters. The van der Waals surface area contributed by atoms with Crippen LogP contribution in [0.5, 0.6) is 5.88 Å². The number of carbonyl (C=O) groups excluding carboxylic acids is 1. The first-order chi connectivity index (χ1) is 11.7. The number of anilines is 1. The lowest BCUT2D eigenvalue weighted by Crippen LogP contribution is -2.16. The summed E-state index contributed by atoms with van der Waals surface area (Å²) in [6.45, 7) is 3.76. The van der Waals surface area contributed by atoms with E-state index in [0.717, 1.165) is 12.1 Å². The number of nitrogens with one attached hydrogen (secondary N) is 1. The number of alkyl halides is 3. The minimum atomic E-state index is -4.48. The van der Waals surface area contributed by atoms with Crippen LogP contribution in [0.3, 0.4) is 0 Å². The number of amides is 1. The van der Waals surface area contributed by atoms with Crippen LogP contribution < -0.4 is 10.1 Å². The minimum Gasteiger partial charge on any atom is -0.480 e. The van der Waals surface area contributed by atoms with Crippen molar-refractivity contribution in [3.63, 3.8) is 0 Å². The molecule has 0 atom stereocenters. The molecule has 0 saturated carbocycles. The molecule has 0 spiro atoms. The molecule has 1 aromatic carbocycles. The predicted molar refractivity (Wildman–Crippen MR) is 87.1 cm³/mol. The Kier molecular flexibility index (Phi) is 5.61. The van der Waals surface area contributed by atoms with Gasteiger partial charge in [-0.05, 0) is 18.1 Å².